The first-order chi connectivity index (χ1) is 12.3. The molecule has 0 saturated heterocycles. The lowest BCUT2D eigenvalue weighted by atomic mass is 10.1. The van der Waals surface area contributed by atoms with Crippen LogP contribution < -0.4 is 0 Å². The first-order valence-corrected chi connectivity index (χ1v) is 8.24. The summed E-state index contributed by atoms with van der Waals surface area (Å²) in [7, 11) is 0. The number of aliphatic hydroxyl groups excluding tert-OH is 1. The summed E-state index contributed by atoms with van der Waals surface area (Å²) in [4.78, 5) is 14.3. The largest absolute Gasteiger partial charge is 0.395 e. The summed E-state index contributed by atoms with van der Waals surface area (Å²) >= 11 is 0. The van der Waals surface area contributed by atoms with Crippen LogP contribution in [0, 0.1) is 0 Å². The number of nitrogens with zero attached hydrogens (tertiary/aromatic N) is 2. The molecule has 5 nitrogen and oxygen atoms in total. The molecule has 1 N–H and O–H groups in total. The Kier molecular flexibility index (Phi) is 5.59. The maximum Gasteiger partial charge on any atom is 0.292 e. The highest BCUT2D eigenvalue weighted by atomic mass is 16.5. The predicted octanol–water partition coefficient (Wildman–Crippen LogP) is 3.02. The van der Waals surface area contributed by atoms with Gasteiger partial charge in [0.1, 0.15) is 5.69 Å². The highest BCUT2D eigenvalue weighted by Crippen LogP contribution is 2.19. The fraction of sp³-hybridized carbons (Fsp3) is 0.200. The van der Waals surface area contributed by atoms with E-state index in [0.29, 0.717) is 18.7 Å². The van der Waals surface area contributed by atoms with Crippen LogP contribution in [-0.2, 0) is 6.42 Å². The zero-order chi connectivity index (χ0) is 17.5. The number of rotatable bonds is 7. The van der Waals surface area contributed by atoms with Crippen LogP contribution in [0.5, 0.6) is 0 Å². The van der Waals surface area contributed by atoms with Gasteiger partial charge in [-0.3, -0.25) is 4.79 Å². The maximum absolute atomic E-state index is 12.7. The number of amides is 1. The first kappa shape index (κ1) is 16.9. The molecule has 1 heterocycles. The van der Waals surface area contributed by atoms with Crippen molar-refractivity contribution in [3.8, 4) is 11.3 Å². The fourth-order valence-corrected chi connectivity index (χ4v) is 2.62. The second kappa shape index (κ2) is 8.26. The Bertz CT molecular complexity index is 800. The molecule has 25 heavy (non-hydrogen) atoms. The van der Waals surface area contributed by atoms with Gasteiger partial charge < -0.3 is 14.5 Å². The average molecular weight is 336 g/mol. The molecule has 0 saturated carbocycles. The zero-order valence-corrected chi connectivity index (χ0v) is 13.8. The fourth-order valence-electron chi connectivity index (χ4n) is 2.62. The van der Waals surface area contributed by atoms with Crippen molar-refractivity contribution < 1.29 is 14.4 Å². The van der Waals surface area contributed by atoms with Gasteiger partial charge in [-0.25, -0.2) is 0 Å². The van der Waals surface area contributed by atoms with Gasteiger partial charge in [-0.05, 0) is 12.0 Å². The van der Waals surface area contributed by atoms with Crippen LogP contribution in [0.2, 0.25) is 0 Å². The van der Waals surface area contributed by atoms with Crippen molar-refractivity contribution in [3.05, 3.63) is 78.1 Å². The van der Waals surface area contributed by atoms with Crippen LogP contribution in [0.25, 0.3) is 11.3 Å². The lowest BCUT2D eigenvalue weighted by Crippen LogP contribution is -2.35. The summed E-state index contributed by atoms with van der Waals surface area (Å²) in [6, 6.07) is 21.1. The van der Waals surface area contributed by atoms with Gasteiger partial charge in [-0.2, -0.15) is 0 Å². The Hall–Kier alpha value is -2.92. The second-order valence-corrected chi connectivity index (χ2v) is 5.69. The molecule has 128 valence electrons. The monoisotopic (exact) mass is 336 g/mol. The topological polar surface area (TPSA) is 66.6 Å². The van der Waals surface area contributed by atoms with Crippen LogP contribution in [0.4, 0.5) is 0 Å². The van der Waals surface area contributed by atoms with Crippen LogP contribution >= 0.6 is 0 Å². The van der Waals surface area contributed by atoms with Gasteiger partial charge in [0, 0.05) is 24.7 Å². The van der Waals surface area contributed by atoms with Crippen molar-refractivity contribution in [1.82, 2.24) is 10.1 Å². The number of benzene rings is 2. The van der Waals surface area contributed by atoms with Gasteiger partial charge in [0.05, 0.1) is 6.61 Å². The molecule has 5 heteroatoms. The molecule has 0 radical (unpaired) electrons. The van der Waals surface area contributed by atoms with E-state index in [0.717, 1.165) is 11.1 Å². The predicted molar refractivity (Wildman–Crippen MR) is 95.1 cm³/mol. The lowest BCUT2D eigenvalue weighted by Gasteiger charge is -2.20. The number of carbonyl (C=O) groups excluding carboxylic acids is 1. The smallest absolute Gasteiger partial charge is 0.292 e. The van der Waals surface area contributed by atoms with Gasteiger partial charge in [-0.1, -0.05) is 65.8 Å². The SMILES string of the molecule is O=C(c1cc(-c2ccccc2)no1)N(CCO)CCc1ccccc1. The summed E-state index contributed by atoms with van der Waals surface area (Å²) in [6.45, 7) is 0.665. The van der Waals surface area contributed by atoms with E-state index in [-0.39, 0.29) is 24.8 Å². The molecule has 0 atom stereocenters. The van der Waals surface area contributed by atoms with Crippen LogP contribution in [0.3, 0.4) is 0 Å². The Morgan fingerprint density at radius 2 is 1.68 bits per heavy atom. The van der Waals surface area contributed by atoms with E-state index in [9.17, 15) is 9.90 Å². The minimum absolute atomic E-state index is 0.0970. The first-order valence-electron chi connectivity index (χ1n) is 8.24. The minimum Gasteiger partial charge on any atom is -0.395 e. The molecule has 0 aliphatic rings. The molecular formula is C20H20N2O3. The van der Waals surface area contributed by atoms with Crippen molar-refractivity contribution in [2.45, 2.75) is 6.42 Å². The van der Waals surface area contributed by atoms with Gasteiger partial charge in [0.2, 0.25) is 5.76 Å². The molecule has 3 aromatic rings. The number of carbonyl (C=O) groups is 1. The third-order valence-corrected chi connectivity index (χ3v) is 3.96. The van der Waals surface area contributed by atoms with E-state index >= 15 is 0 Å². The molecule has 2 aromatic carbocycles. The highest BCUT2D eigenvalue weighted by Gasteiger charge is 2.20. The standard InChI is InChI=1S/C20H20N2O3/c23-14-13-22(12-11-16-7-3-1-4-8-16)20(24)19-15-18(21-25-19)17-9-5-2-6-10-17/h1-10,15,23H,11-14H2. The maximum atomic E-state index is 12.7. The number of hydrogen-bond acceptors (Lipinski definition) is 4. The molecule has 0 aliphatic carbocycles. The molecule has 0 spiro atoms. The summed E-state index contributed by atoms with van der Waals surface area (Å²) in [5.74, 6) is -0.0833. The molecule has 1 aromatic heterocycles. The number of hydrogen-bond donors (Lipinski definition) is 1. The molecule has 0 fully saturated rings. The number of aromatic nitrogens is 1. The van der Waals surface area contributed by atoms with Gasteiger partial charge in [0.25, 0.3) is 5.91 Å². The third-order valence-electron chi connectivity index (χ3n) is 3.96. The summed E-state index contributed by atoms with van der Waals surface area (Å²) in [5.41, 5.74) is 2.65. The van der Waals surface area contributed by atoms with E-state index < -0.39 is 0 Å². The Morgan fingerprint density at radius 1 is 1.00 bits per heavy atom. The zero-order valence-electron chi connectivity index (χ0n) is 13.8. The van der Waals surface area contributed by atoms with Gasteiger partial charge in [-0.15, -0.1) is 0 Å². The van der Waals surface area contributed by atoms with E-state index in [1.165, 1.54) is 0 Å². The lowest BCUT2D eigenvalue weighted by molar-refractivity contribution is 0.0682. The van der Waals surface area contributed by atoms with Crippen LogP contribution in [0.1, 0.15) is 16.1 Å². The van der Waals surface area contributed by atoms with Crippen LogP contribution in [-0.4, -0.2) is 40.8 Å². The molecule has 0 unspecified atom stereocenters. The summed E-state index contributed by atoms with van der Waals surface area (Å²) in [6.07, 6.45) is 0.715. The van der Waals surface area contributed by atoms with Crippen molar-refractivity contribution in [1.29, 1.82) is 0 Å². The average Bonchev–Trinajstić information content (AvgIpc) is 3.16. The van der Waals surface area contributed by atoms with Crippen molar-refractivity contribution in [2.75, 3.05) is 19.7 Å². The third kappa shape index (κ3) is 4.33. The molecule has 1 amide bonds. The molecular weight excluding hydrogens is 316 g/mol. The van der Waals surface area contributed by atoms with E-state index in [1.54, 1.807) is 11.0 Å². The number of aliphatic hydroxyl groups is 1. The Balaban J connectivity index is 1.71. The van der Waals surface area contributed by atoms with Crippen molar-refractivity contribution in [2.24, 2.45) is 0 Å². The van der Waals surface area contributed by atoms with Crippen molar-refractivity contribution >= 4 is 5.91 Å². The Morgan fingerprint density at radius 3 is 2.36 bits per heavy atom. The van der Waals surface area contributed by atoms with E-state index in [4.69, 9.17) is 4.52 Å². The molecule has 0 aliphatic heterocycles. The molecule has 3 rings (SSSR count). The quantitative estimate of drug-likeness (QED) is 0.720. The van der Waals surface area contributed by atoms with Crippen molar-refractivity contribution in [3.63, 3.8) is 0 Å². The molecule has 0 bridgehead atoms. The normalized spacial score (nSPS) is 10.6. The summed E-state index contributed by atoms with van der Waals surface area (Å²) in [5, 5.41) is 13.3. The van der Waals surface area contributed by atoms with Gasteiger partial charge in [0.15, 0.2) is 0 Å². The van der Waals surface area contributed by atoms with Gasteiger partial charge >= 0.3 is 0 Å². The Labute approximate surface area is 146 Å². The van der Waals surface area contributed by atoms with E-state index in [1.807, 2.05) is 60.7 Å². The highest BCUT2D eigenvalue weighted by molar-refractivity contribution is 5.92. The minimum atomic E-state index is -0.264. The second-order valence-electron chi connectivity index (χ2n) is 5.69. The summed E-state index contributed by atoms with van der Waals surface area (Å²) < 4.78 is 5.24. The van der Waals surface area contributed by atoms with Crippen LogP contribution in [0.15, 0.2) is 71.3 Å². The van der Waals surface area contributed by atoms with E-state index in [2.05, 4.69) is 5.16 Å².